The Kier molecular flexibility index (Phi) is 6.55. The van der Waals surface area contributed by atoms with Crippen molar-refractivity contribution in [2.45, 2.75) is 41.2 Å². The highest BCUT2D eigenvalue weighted by atomic mass is 16.2. The van der Waals surface area contributed by atoms with Crippen LogP contribution >= 0.6 is 0 Å². The van der Waals surface area contributed by atoms with E-state index in [2.05, 4.69) is 35.2 Å². The number of carbonyl (C=O) groups excluding carboxylic acids is 1. The third-order valence-corrected chi connectivity index (χ3v) is 4.22. The van der Waals surface area contributed by atoms with Crippen LogP contribution in [0.1, 0.15) is 43.7 Å². The highest BCUT2D eigenvalue weighted by molar-refractivity contribution is 6.03. The molecule has 0 bridgehead atoms. The molecular weight excluding hydrogens is 328 g/mol. The molecule has 0 aliphatic rings. The average Bonchev–Trinajstić information content (AvgIpc) is 2.59. The maximum Gasteiger partial charge on any atom is 0.276 e. The molecule has 26 heavy (non-hydrogen) atoms. The fourth-order valence-corrected chi connectivity index (χ4v) is 2.81. The van der Waals surface area contributed by atoms with Crippen molar-refractivity contribution in [1.82, 2.24) is 9.78 Å². The molecule has 0 radical (unpaired) electrons. The summed E-state index contributed by atoms with van der Waals surface area (Å²) in [6, 6.07) is 8.83. The molecule has 0 aliphatic carbocycles. The van der Waals surface area contributed by atoms with Gasteiger partial charge in [-0.05, 0) is 56.5 Å². The lowest BCUT2D eigenvalue weighted by Crippen LogP contribution is -2.27. The number of nitrogens with one attached hydrogen (secondary N) is 1. The fraction of sp³-hybridized carbons (Fsp3) is 0.450. The summed E-state index contributed by atoms with van der Waals surface area (Å²) >= 11 is 0. The zero-order chi connectivity index (χ0) is 19.3. The predicted octanol–water partition coefficient (Wildman–Crippen LogP) is 3.31. The van der Waals surface area contributed by atoms with Crippen LogP contribution in [0.5, 0.6) is 0 Å². The molecule has 0 atom stereocenters. The van der Waals surface area contributed by atoms with Crippen molar-refractivity contribution in [3.8, 4) is 0 Å². The molecule has 0 saturated heterocycles. The summed E-state index contributed by atoms with van der Waals surface area (Å²) in [4.78, 5) is 26.7. The van der Waals surface area contributed by atoms with Crippen molar-refractivity contribution in [3.05, 3.63) is 51.9 Å². The Labute approximate surface area is 154 Å². The van der Waals surface area contributed by atoms with Gasteiger partial charge in [-0.25, -0.2) is 4.68 Å². The number of anilines is 2. The highest BCUT2D eigenvalue weighted by Gasteiger charge is 2.13. The molecule has 2 aromatic rings. The Bertz CT molecular complexity index is 823. The van der Waals surface area contributed by atoms with Crippen molar-refractivity contribution < 1.29 is 4.79 Å². The van der Waals surface area contributed by atoms with Crippen LogP contribution in [0.15, 0.2) is 35.1 Å². The second kappa shape index (κ2) is 8.65. The van der Waals surface area contributed by atoms with Gasteiger partial charge < -0.3 is 10.2 Å². The van der Waals surface area contributed by atoms with Crippen LogP contribution < -0.4 is 15.8 Å². The van der Waals surface area contributed by atoms with E-state index < -0.39 is 0 Å². The number of amides is 1. The second-order valence-electron chi connectivity index (χ2n) is 6.76. The van der Waals surface area contributed by atoms with Crippen LogP contribution in [-0.2, 0) is 6.54 Å². The van der Waals surface area contributed by atoms with E-state index in [4.69, 9.17) is 0 Å². The van der Waals surface area contributed by atoms with Gasteiger partial charge in [0.05, 0.1) is 0 Å². The van der Waals surface area contributed by atoms with E-state index in [1.54, 1.807) is 0 Å². The minimum Gasteiger partial charge on any atom is -0.372 e. The molecule has 1 aromatic heterocycles. The van der Waals surface area contributed by atoms with Gasteiger partial charge in [0.2, 0.25) is 0 Å². The van der Waals surface area contributed by atoms with Gasteiger partial charge in [-0.1, -0.05) is 13.8 Å². The molecule has 140 valence electrons. The second-order valence-corrected chi connectivity index (χ2v) is 6.76. The summed E-state index contributed by atoms with van der Waals surface area (Å²) in [6.45, 7) is 12.6. The summed E-state index contributed by atoms with van der Waals surface area (Å²) in [5.41, 5.74) is 2.90. The first kappa shape index (κ1) is 19.7. The molecule has 1 N–H and O–H groups in total. The lowest BCUT2D eigenvalue weighted by Gasteiger charge is -2.22. The number of aryl methyl sites for hydroxylation is 1. The van der Waals surface area contributed by atoms with Gasteiger partial charge in [0.25, 0.3) is 11.5 Å². The fourth-order valence-electron chi connectivity index (χ4n) is 2.81. The molecule has 1 heterocycles. The Morgan fingerprint density at radius 2 is 1.88 bits per heavy atom. The van der Waals surface area contributed by atoms with E-state index in [0.717, 1.165) is 30.0 Å². The summed E-state index contributed by atoms with van der Waals surface area (Å²) in [5.74, 6) is -0.0467. The van der Waals surface area contributed by atoms with Crippen molar-refractivity contribution in [2.75, 3.05) is 23.3 Å². The first-order valence-corrected chi connectivity index (χ1v) is 9.10. The first-order valence-electron chi connectivity index (χ1n) is 9.10. The zero-order valence-corrected chi connectivity index (χ0v) is 16.2. The van der Waals surface area contributed by atoms with Crippen LogP contribution in [0.2, 0.25) is 0 Å². The largest absolute Gasteiger partial charge is 0.372 e. The Balaban J connectivity index is 2.21. The van der Waals surface area contributed by atoms with Gasteiger partial charge in [-0.2, -0.15) is 5.10 Å². The quantitative estimate of drug-likeness (QED) is 0.826. The maximum atomic E-state index is 12.5. The molecule has 1 aromatic carbocycles. The summed E-state index contributed by atoms with van der Waals surface area (Å²) < 4.78 is 1.34. The van der Waals surface area contributed by atoms with E-state index in [1.165, 1.54) is 16.8 Å². The van der Waals surface area contributed by atoms with Gasteiger partial charge in [0.15, 0.2) is 0 Å². The average molecular weight is 356 g/mol. The smallest absolute Gasteiger partial charge is 0.276 e. The zero-order valence-electron chi connectivity index (χ0n) is 16.2. The minimum atomic E-state index is -0.318. The standard InChI is InChI=1S/C20H28N4O2/c1-6-23(7-2)16-8-9-17(15(5)12-16)21-20(26)18-10-11-19(25)24(22-18)13-14(3)4/h8-12,14H,6-7,13H2,1-5H3,(H,21,26). The van der Waals surface area contributed by atoms with E-state index in [9.17, 15) is 9.59 Å². The SMILES string of the molecule is CCN(CC)c1ccc(NC(=O)c2ccc(=O)n(CC(C)C)n2)c(C)c1. The molecular formula is C20H28N4O2. The van der Waals surface area contributed by atoms with Gasteiger partial charge >= 0.3 is 0 Å². The van der Waals surface area contributed by atoms with Crippen molar-refractivity contribution >= 4 is 17.3 Å². The van der Waals surface area contributed by atoms with E-state index in [-0.39, 0.29) is 23.1 Å². The van der Waals surface area contributed by atoms with E-state index >= 15 is 0 Å². The predicted molar refractivity (Wildman–Crippen MR) is 106 cm³/mol. The summed E-state index contributed by atoms with van der Waals surface area (Å²) in [5, 5.41) is 7.09. The van der Waals surface area contributed by atoms with Crippen molar-refractivity contribution in [2.24, 2.45) is 5.92 Å². The van der Waals surface area contributed by atoms with E-state index in [0.29, 0.717) is 6.54 Å². The normalized spacial score (nSPS) is 10.8. The molecule has 0 spiro atoms. The summed E-state index contributed by atoms with van der Waals surface area (Å²) in [7, 11) is 0. The number of rotatable bonds is 7. The number of hydrogen-bond donors (Lipinski definition) is 1. The maximum absolute atomic E-state index is 12.5. The lowest BCUT2D eigenvalue weighted by molar-refractivity contribution is 0.101. The topological polar surface area (TPSA) is 67.2 Å². The van der Waals surface area contributed by atoms with Gasteiger partial charge in [0, 0.05) is 37.1 Å². The molecule has 0 saturated carbocycles. The Hall–Kier alpha value is -2.63. The van der Waals surface area contributed by atoms with Gasteiger partial charge in [-0.3, -0.25) is 9.59 Å². The molecule has 6 heteroatoms. The van der Waals surface area contributed by atoms with Crippen LogP contribution in [0.25, 0.3) is 0 Å². The summed E-state index contributed by atoms with van der Waals surface area (Å²) in [6.07, 6.45) is 0. The number of benzene rings is 1. The Morgan fingerprint density at radius 1 is 1.19 bits per heavy atom. The lowest BCUT2D eigenvalue weighted by atomic mass is 10.1. The Morgan fingerprint density at radius 3 is 2.46 bits per heavy atom. The van der Waals surface area contributed by atoms with Crippen LogP contribution in [0.4, 0.5) is 11.4 Å². The minimum absolute atomic E-state index is 0.199. The molecule has 2 rings (SSSR count). The molecule has 6 nitrogen and oxygen atoms in total. The molecule has 1 amide bonds. The van der Waals surface area contributed by atoms with Crippen LogP contribution in [0.3, 0.4) is 0 Å². The van der Waals surface area contributed by atoms with Crippen LogP contribution in [0, 0.1) is 12.8 Å². The molecule has 0 unspecified atom stereocenters. The van der Waals surface area contributed by atoms with Crippen molar-refractivity contribution in [1.29, 1.82) is 0 Å². The van der Waals surface area contributed by atoms with Crippen LogP contribution in [-0.4, -0.2) is 28.8 Å². The molecule has 0 aliphatic heterocycles. The molecule has 0 fully saturated rings. The number of hydrogen-bond acceptors (Lipinski definition) is 4. The van der Waals surface area contributed by atoms with E-state index in [1.807, 2.05) is 32.9 Å². The number of aromatic nitrogens is 2. The third kappa shape index (κ3) is 4.71. The van der Waals surface area contributed by atoms with Crippen molar-refractivity contribution in [3.63, 3.8) is 0 Å². The number of nitrogens with zero attached hydrogens (tertiary/aromatic N) is 3. The third-order valence-electron chi connectivity index (χ3n) is 4.22. The monoisotopic (exact) mass is 356 g/mol. The number of carbonyl (C=O) groups is 1. The van der Waals surface area contributed by atoms with Gasteiger partial charge in [-0.15, -0.1) is 0 Å². The van der Waals surface area contributed by atoms with Gasteiger partial charge in [0.1, 0.15) is 5.69 Å². The first-order chi connectivity index (χ1) is 12.3. The highest BCUT2D eigenvalue weighted by Crippen LogP contribution is 2.23.